The molecule has 0 aromatic heterocycles. The van der Waals surface area contributed by atoms with Crippen LogP contribution in [0.25, 0.3) is 0 Å². The Labute approximate surface area is 105 Å². The van der Waals surface area contributed by atoms with Crippen molar-refractivity contribution in [1.29, 1.82) is 0 Å². The Bertz CT molecular complexity index is 377. The van der Waals surface area contributed by atoms with Gasteiger partial charge in [-0.2, -0.15) is 13.2 Å². The molecule has 0 fully saturated rings. The van der Waals surface area contributed by atoms with Crippen LogP contribution >= 0.6 is 0 Å². The average Bonchev–Trinajstić information content (AvgIpc) is 2.24. The zero-order chi connectivity index (χ0) is 14.0. The van der Waals surface area contributed by atoms with Crippen LogP contribution in [0.15, 0.2) is 24.3 Å². The van der Waals surface area contributed by atoms with Crippen LogP contribution in [0.2, 0.25) is 0 Å². The Balaban J connectivity index is 2.89. The lowest BCUT2D eigenvalue weighted by Gasteiger charge is -2.28. The summed E-state index contributed by atoms with van der Waals surface area (Å²) in [5.41, 5.74) is 5.63. The van der Waals surface area contributed by atoms with Crippen LogP contribution in [-0.2, 0) is 6.18 Å². The van der Waals surface area contributed by atoms with Crippen molar-refractivity contribution in [1.82, 2.24) is 5.32 Å². The molecule has 0 amide bonds. The molecule has 1 rings (SSSR count). The van der Waals surface area contributed by atoms with Crippen molar-refractivity contribution >= 4 is 0 Å². The number of benzene rings is 1. The van der Waals surface area contributed by atoms with E-state index in [4.69, 9.17) is 5.73 Å². The summed E-state index contributed by atoms with van der Waals surface area (Å²) in [5, 5.41) is 3.27. The summed E-state index contributed by atoms with van der Waals surface area (Å²) in [7, 11) is 0. The van der Waals surface area contributed by atoms with E-state index >= 15 is 0 Å². The highest BCUT2D eigenvalue weighted by molar-refractivity contribution is 5.27. The lowest BCUT2D eigenvalue weighted by molar-refractivity contribution is -0.137. The SMILES string of the molecule is CC(C)(C)NC(CN)c1ccc(C(F)(F)F)cc1. The Kier molecular flexibility index (Phi) is 4.40. The Hall–Kier alpha value is -1.07. The smallest absolute Gasteiger partial charge is 0.329 e. The standard InChI is InChI=1S/C13H19F3N2/c1-12(2,3)18-11(8-17)9-4-6-10(7-5-9)13(14,15)16/h4-7,11,18H,8,17H2,1-3H3. The highest BCUT2D eigenvalue weighted by Gasteiger charge is 2.30. The van der Waals surface area contributed by atoms with Gasteiger partial charge in [0, 0.05) is 18.1 Å². The van der Waals surface area contributed by atoms with Crippen LogP contribution in [-0.4, -0.2) is 12.1 Å². The van der Waals surface area contributed by atoms with Crippen molar-refractivity contribution in [2.45, 2.75) is 38.5 Å². The molecule has 5 heteroatoms. The van der Waals surface area contributed by atoms with Crippen molar-refractivity contribution in [3.63, 3.8) is 0 Å². The first-order valence-electron chi connectivity index (χ1n) is 5.78. The maximum atomic E-state index is 12.4. The number of hydrogen-bond donors (Lipinski definition) is 2. The van der Waals surface area contributed by atoms with Crippen molar-refractivity contribution in [2.75, 3.05) is 6.54 Å². The Morgan fingerprint density at radius 2 is 1.61 bits per heavy atom. The summed E-state index contributed by atoms with van der Waals surface area (Å²) in [6.07, 6.45) is -4.30. The van der Waals surface area contributed by atoms with Gasteiger partial charge in [0.05, 0.1) is 5.56 Å². The van der Waals surface area contributed by atoms with Gasteiger partial charge in [0.15, 0.2) is 0 Å². The van der Waals surface area contributed by atoms with Gasteiger partial charge in [-0.1, -0.05) is 12.1 Å². The molecule has 1 aromatic rings. The van der Waals surface area contributed by atoms with E-state index in [1.807, 2.05) is 20.8 Å². The Morgan fingerprint density at radius 1 is 1.11 bits per heavy atom. The fourth-order valence-corrected chi connectivity index (χ4v) is 1.71. The zero-order valence-electron chi connectivity index (χ0n) is 10.8. The molecule has 0 saturated heterocycles. The lowest BCUT2D eigenvalue weighted by Crippen LogP contribution is -2.41. The van der Waals surface area contributed by atoms with Gasteiger partial charge in [0.25, 0.3) is 0 Å². The minimum atomic E-state index is -4.30. The minimum Gasteiger partial charge on any atom is -0.329 e. The predicted octanol–water partition coefficient (Wildman–Crippen LogP) is 3.09. The maximum Gasteiger partial charge on any atom is 0.416 e. The molecule has 0 aliphatic heterocycles. The summed E-state index contributed by atoms with van der Waals surface area (Å²) in [6, 6.07) is 4.97. The van der Waals surface area contributed by atoms with E-state index < -0.39 is 11.7 Å². The third-order valence-corrected chi connectivity index (χ3v) is 2.48. The summed E-state index contributed by atoms with van der Waals surface area (Å²) < 4.78 is 37.3. The quantitative estimate of drug-likeness (QED) is 0.876. The van der Waals surface area contributed by atoms with Crippen molar-refractivity contribution in [3.05, 3.63) is 35.4 Å². The van der Waals surface area contributed by atoms with Gasteiger partial charge in [0.2, 0.25) is 0 Å². The Morgan fingerprint density at radius 3 is 1.94 bits per heavy atom. The summed E-state index contributed by atoms with van der Waals surface area (Å²) >= 11 is 0. The van der Waals surface area contributed by atoms with E-state index in [2.05, 4.69) is 5.32 Å². The second kappa shape index (κ2) is 5.28. The van der Waals surface area contributed by atoms with Crippen LogP contribution in [0, 0.1) is 0 Å². The molecule has 0 bridgehead atoms. The van der Waals surface area contributed by atoms with Crippen molar-refractivity contribution in [2.24, 2.45) is 5.73 Å². The van der Waals surface area contributed by atoms with E-state index in [0.29, 0.717) is 6.54 Å². The van der Waals surface area contributed by atoms with Gasteiger partial charge < -0.3 is 11.1 Å². The van der Waals surface area contributed by atoms with E-state index in [1.165, 1.54) is 12.1 Å². The monoisotopic (exact) mass is 260 g/mol. The van der Waals surface area contributed by atoms with Crippen LogP contribution in [0.1, 0.15) is 37.9 Å². The second-order valence-electron chi connectivity index (χ2n) is 5.30. The minimum absolute atomic E-state index is 0.146. The fraction of sp³-hybridized carbons (Fsp3) is 0.538. The number of rotatable bonds is 3. The van der Waals surface area contributed by atoms with Crippen LogP contribution < -0.4 is 11.1 Å². The maximum absolute atomic E-state index is 12.4. The molecule has 2 nitrogen and oxygen atoms in total. The molecular formula is C13H19F3N2. The number of nitrogens with two attached hydrogens (primary N) is 1. The molecule has 1 unspecified atom stereocenters. The molecule has 1 atom stereocenters. The van der Waals surface area contributed by atoms with E-state index in [0.717, 1.165) is 17.7 Å². The number of halogens is 3. The van der Waals surface area contributed by atoms with Crippen LogP contribution in [0.4, 0.5) is 13.2 Å². The highest BCUT2D eigenvalue weighted by Crippen LogP contribution is 2.30. The van der Waals surface area contributed by atoms with Crippen molar-refractivity contribution in [3.8, 4) is 0 Å². The molecule has 1 aromatic carbocycles. The second-order valence-corrected chi connectivity index (χ2v) is 5.30. The molecule has 0 spiro atoms. The molecule has 3 N–H and O–H groups in total. The van der Waals surface area contributed by atoms with Crippen molar-refractivity contribution < 1.29 is 13.2 Å². The third-order valence-electron chi connectivity index (χ3n) is 2.48. The van der Waals surface area contributed by atoms with Crippen LogP contribution in [0.3, 0.4) is 0 Å². The van der Waals surface area contributed by atoms with E-state index in [1.54, 1.807) is 0 Å². The first-order chi connectivity index (χ1) is 8.13. The number of nitrogens with one attached hydrogen (secondary N) is 1. The molecule has 102 valence electrons. The first kappa shape index (κ1) is 15.0. The van der Waals surface area contributed by atoms with Gasteiger partial charge in [-0.05, 0) is 38.5 Å². The molecule has 18 heavy (non-hydrogen) atoms. The molecule has 0 radical (unpaired) electrons. The first-order valence-corrected chi connectivity index (χ1v) is 5.78. The molecule has 0 aliphatic carbocycles. The zero-order valence-corrected chi connectivity index (χ0v) is 10.8. The summed E-state index contributed by atoms with van der Waals surface area (Å²) in [6.45, 7) is 6.29. The number of hydrogen-bond acceptors (Lipinski definition) is 2. The molecular weight excluding hydrogens is 241 g/mol. The average molecular weight is 260 g/mol. The van der Waals surface area contributed by atoms with E-state index in [-0.39, 0.29) is 11.6 Å². The number of alkyl halides is 3. The van der Waals surface area contributed by atoms with Gasteiger partial charge in [-0.3, -0.25) is 0 Å². The van der Waals surface area contributed by atoms with Crippen LogP contribution in [0.5, 0.6) is 0 Å². The fourth-order valence-electron chi connectivity index (χ4n) is 1.71. The molecule has 0 aliphatic rings. The summed E-state index contributed by atoms with van der Waals surface area (Å²) in [5.74, 6) is 0. The normalized spacial score (nSPS) is 14.6. The summed E-state index contributed by atoms with van der Waals surface area (Å²) in [4.78, 5) is 0. The van der Waals surface area contributed by atoms with Gasteiger partial charge >= 0.3 is 6.18 Å². The molecule has 0 saturated carbocycles. The molecule has 0 heterocycles. The van der Waals surface area contributed by atoms with E-state index in [9.17, 15) is 13.2 Å². The van der Waals surface area contributed by atoms with Gasteiger partial charge in [0.1, 0.15) is 0 Å². The lowest BCUT2D eigenvalue weighted by atomic mass is 10.0. The highest BCUT2D eigenvalue weighted by atomic mass is 19.4. The van der Waals surface area contributed by atoms with Gasteiger partial charge in [-0.25, -0.2) is 0 Å². The van der Waals surface area contributed by atoms with Gasteiger partial charge in [-0.15, -0.1) is 0 Å². The predicted molar refractivity (Wildman–Crippen MR) is 66.1 cm³/mol. The topological polar surface area (TPSA) is 38.0 Å². The largest absolute Gasteiger partial charge is 0.416 e. The third kappa shape index (κ3) is 4.31.